The molecule has 0 saturated carbocycles. The van der Waals surface area contributed by atoms with E-state index in [1.54, 1.807) is 6.07 Å². The standard InChI is InChI=1S/C12H17ClFNO/c1-12(2,7-15-3)8-16-9-4-5-10(13)11(14)6-9/h4-6,15H,7-8H2,1-3H3. The van der Waals surface area contributed by atoms with Gasteiger partial charge in [-0.3, -0.25) is 0 Å². The first-order valence-electron chi connectivity index (χ1n) is 5.17. The summed E-state index contributed by atoms with van der Waals surface area (Å²) in [5.41, 5.74) is 0.00482. The van der Waals surface area contributed by atoms with Gasteiger partial charge in [0.2, 0.25) is 0 Å². The Morgan fingerprint density at radius 2 is 2.12 bits per heavy atom. The fraction of sp³-hybridized carbons (Fsp3) is 0.500. The molecular weight excluding hydrogens is 229 g/mol. The Balaban J connectivity index is 2.57. The summed E-state index contributed by atoms with van der Waals surface area (Å²) in [4.78, 5) is 0. The van der Waals surface area contributed by atoms with Gasteiger partial charge < -0.3 is 10.1 Å². The van der Waals surface area contributed by atoms with Crippen molar-refractivity contribution >= 4 is 11.6 Å². The highest BCUT2D eigenvalue weighted by atomic mass is 35.5. The Morgan fingerprint density at radius 1 is 1.44 bits per heavy atom. The van der Waals surface area contributed by atoms with Gasteiger partial charge in [0.1, 0.15) is 11.6 Å². The van der Waals surface area contributed by atoms with Crippen LogP contribution in [0.1, 0.15) is 13.8 Å². The quantitative estimate of drug-likeness (QED) is 0.861. The van der Waals surface area contributed by atoms with E-state index in [0.29, 0.717) is 12.4 Å². The molecule has 0 aliphatic carbocycles. The maximum atomic E-state index is 13.1. The third-order valence-corrected chi connectivity index (χ3v) is 2.48. The summed E-state index contributed by atoms with van der Waals surface area (Å²) in [7, 11) is 1.89. The number of hydrogen-bond acceptors (Lipinski definition) is 2. The lowest BCUT2D eigenvalue weighted by Gasteiger charge is -2.24. The van der Waals surface area contributed by atoms with Crippen molar-refractivity contribution in [2.24, 2.45) is 5.41 Å². The molecule has 90 valence electrons. The highest BCUT2D eigenvalue weighted by Gasteiger charge is 2.17. The Kier molecular flexibility index (Phi) is 4.56. The number of nitrogens with one attached hydrogen (secondary N) is 1. The first kappa shape index (κ1) is 13.3. The molecule has 0 bridgehead atoms. The predicted molar refractivity (Wildman–Crippen MR) is 64.6 cm³/mol. The third-order valence-electron chi connectivity index (χ3n) is 2.18. The van der Waals surface area contributed by atoms with Gasteiger partial charge >= 0.3 is 0 Å². The van der Waals surface area contributed by atoms with Gasteiger partial charge in [0.15, 0.2) is 0 Å². The van der Waals surface area contributed by atoms with E-state index in [4.69, 9.17) is 16.3 Å². The second-order valence-corrected chi connectivity index (χ2v) is 4.97. The molecular formula is C12H17ClFNO. The number of ether oxygens (including phenoxy) is 1. The first-order chi connectivity index (χ1) is 7.44. The Bertz CT molecular complexity index is 355. The molecule has 1 aromatic carbocycles. The molecule has 4 heteroatoms. The van der Waals surface area contributed by atoms with Crippen LogP contribution in [0.5, 0.6) is 5.75 Å². The highest BCUT2D eigenvalue weighted by Crippen LogP contribution is 2.22. The van der Waals surface area contributed by atoms with Gasteiger partial charge in [0, 0.05) is 18.0 Å². The summed E-state index contributed by atoms with van der Waals surface area (Å²) in [6, 6.07) is 4.47. The number of hydrogen-bond donors (Lipinski definition) is 1. The lowest BCUT2D eigenvalue weighted by molar-refractivity contribution is 0.178. The van der Waals surface area contributed by atoms with Crippen molar-refractivity contribution in [3.05, 3.63) is 29.0 Å². The van der Waals surface area contributed by atoms with E-state index in [1.807, 2.05) is 7.05 Å². The summed E-state index contributed by atoms with van der Waals surface area (Å²) in [5.74, 6) is 0.0525. The van der Waals surface area contributed by atoms with Crippen molar-refractivity contribution in [2.45, 2.75) is 13.8 Å². The van der Waals surface area contributed by atoms with E-state index >= 15 is 0 Å². The van der Waals surface area contributed by atoms with E-state index in [2.05, 4.69) is 19.2 Å². The number of halogens is 2. The van der Waals surface area contributed by atoms with E-state index < -0.39 is 5.82 Å². The van der Waals surface area contributed by atoms with Crippen molar-refractivity contribution in [3.63, 3.8) is 0 Å². The van der Waals surface area contributed by atoms with E-state index in [-0.39, 0.29) is 10.4 Å². The zero-order chi connectivity index (χ0) is 12.2. The van der Waals surface area contributed by atoms with Gasteiger partial charge in [-0.25, -0.2) is 4.39 Å². The van der Waals surface area contributed by atoms with E-state index in [1.165, 1.54) is 12.1 Å². The molecule has 0 aromatic heterocycles. The van der Waals surface area contributed by atoms with Gasteiger partial charge in [0.25, 0.3) is 0 Å². The van der Waals surface area contributed by atoms with E-state index in [0.717, 1.165) is 6.54 Å². The van der Waals surface area contributed by atoms with Crippen LogP contribution in [0.25, 0.3) is 0 Å². The fourth-order valence-corrected chi connectivity index (χ4v) is 1.49. The molecule has 0 atom stereocenters. The van der Waals surface area contributed by atoms with Crippen LogP contribution >= 0.6 is 11.6 Å². The summed E-state index contributed by atoms with van der Waals surface area (Å²) >= 11 is 5.58. The molecule has 0 radical (unpaired) electrons. The lowest BCUT2D eigenvalue weighted by atomic mass is 9.95. The van der Waals surface area contributed by atoms with Crippen molar-refractivity contribution in [3.8, 4) is 5.75 Å². The van der Waals surface area contributed by atoms with Crippen LogP contribution in [0.4, 0.5) is 4.39 Å². The van der Waals surface area contributed by atoms with Crippen LogP contribution in [0, 0.1) is 11.2 Å². The number of rotatable bonds is 5. The minimum atomic E-state index is -0.453. The molecule has 0 fully saturated rings. The topological polar surface area (TPSA) is 21.3 Å². The molecule has 2 nitrogen and oxygen atoms in total. The average Bonchev–Trinajstić information content (AvgIpc) is 2.20. The van der Waals surface area contributed by atoms with Crippen molar-refractivity contribution in [2.75, 3.05) is 20.2 Å². The monoisotopic (exact) mass is 245 g/mol. The molecule has 16 heavy (non-hydrogen) atoms. The van der Waals surface area contributed by atoms with E-state index in [9.17, 15) is 4.39 Å². The molecule has 0 aliphatic rings. The van der Waals surface area contributed by atoms with Crippen molar-refractivity contribution in [1.29, 1.82) is 0 Å². The molecule has 0 heterocycles. The van der Waals surface area contributed by atoms with Crippen LogP contribution in [-0.2, 0) is 0 Å². The summed E-state index contributed by atoms with van der Waals surface area (Å²) in [6.45, 7) is 5.52. The van der Waals surface area contributed by atoms with Crippen LogP contribution in [0.2, 0.25) is 5.02 Å². The molecule has 1 N–H and O–H groups in total. The summed E-state index contributed by atoms with van der Waals surface area (Å²) in [5, 5.41) is 3.20. The van der Waals surface area contributed by atoms with Gasteiger partial charge in [0.05, 0.1) is 11.6 Å². The second kappa shape index (κ2) is 5.51. The molecule has 0 saturated heterocycles. The van der Waals surface area contributed by atoms with Gasteiger partial charge in [-0.05, 0) is 19.2 Å². The Morgan fingerprint density at radius 3 is 2.69 bits per heavy atom. The predicted octanol–water partition coefficient (Wildman–Crippen LogP) is 3.10. The SMILES string of the molecule is CNCC(C)(C)COc1ccc(Cl)c(F)c1. The second-order valence-electron chi connectivity index (χ2n) is 4.56. The first-order valence-corrected chi connectivity index (χ1v) is 5.55. The molecule has 0 spiro atoms. The number of benzene rings is 1. The summed E-state index contributed by atoms with van der Waals surface area (Å²) in [6.07, 6.45) is 0. The lowest BCUT2D eigenvalue weighted by Crippen LogP contribution is -2.32. The van der Waals surface area contributed by atoms with Crippen LogP contribution in [-0.4, -0.2) is 20.2 Å². The largest absolute Gasteiger partial charge is 0.493 e. The average molecular weight is 246 g/mol. The van der Waals surface area contributed by atoms with Gasteiger partial charge in [-0.1, -0.05) is 25.4 Å². The van der Waals surface area contributed by atoms with Gasteiger partial charge in [-0.2, -0.15) is 0 Å². The van der Waals surface area contributed by atoms with Crippen molar-refractivity contribution in [1.82, 2.24) is 5.32 Å². The van der Waals surface area contributed by atoms with Crippen LogP contribution in [0.15, 0.2) is 18.2 Å². The van der Waals surface area contributed by atoms with Gasteiger partial charge in [-0.15, -0.1) is 0 Å². The van der Waals surface area contributed by atoms with Crippen LogP contribution < -0.4 is 10.1 Å². The molecule has 0 amide bonds. The highest BCUT2D eigenvalue weighted by molar-refractivity contribution is 6.30. The maximum Gasteiger partial charge on any atom is 0.145 e. The third kappa shape index (κ3) is 3.99. The van der Waals surface area contributed by atoms with Crippen molar-refractivity contribution < 1.29 is 9.13 Å². The molecule has 0 aliphatic heterocycles. The normalized spacial score (nSPS) is 11.6. The fourth-order valence-electron chi connectivity index (χ4n) is 1.37. The Hall–Kier alpha value is -0.800. The zero-order valence-electron chi connectivity index (χ0n) is 9.81. The molecule has 1 rings (SSSR count). The molecule has 1 aromatic rings. The maximum absolute atomic E-state index is 13.1. The smallest absolute Gasteiger partial charge is 0.145 e. The minimum Gasteiger partial charge on any atom is -0.493 e. The van der Waals surface area contributed by atoms with Crippen LogP contribution in [0.3, 0.4) is 0 Å². The zero-order valence-corrected chi connectivity index (χ0v) is 10.6. The summed E-state index contributed by atoms with van der Waals surface area (Å²) < 4.78 is 18.6. The minimum absolute atomic E-state index is 0.00482. The molecule has 0 unspecified atom stereocenters. The Labute approximate surface area is 101 Å².